The number of rotatable bonds is 7. The molecule has 1 rings (SSSR count). The Morgan fingerprint density at radius 1 is 1.41 bits per heavy atom. The SMILES string of the molecule is COCC(CN)NC(=O)CCC1CCCCC1. The van der Waals surface area contributed by atoms with Crippen molar-refractivity contribution in [2.24, 2.45) is 11.7 Å². The second-order valence-electron chi connectivity index (χ2n) is 5.00. The van der Waals surface area contributed by atoms with E-state index in [4.69, 9.17) is 10.5 Å². The molecule has 1 atom stereocenters. The van der Waals surface area contributed by atoms with Crippen LogP contribution in [0.3, 0.4) is 0 Å². The van der Waals surface area contributed by atoms with Gasteiger partial charge >= 0.3 is 0 Å². The Morgan fingerprint density at radius 3 is 2.71 bits per heavy atom. The monoisotopic (exact) mass is 242 g/mol. The topological polar surface area (TPSA) is 64.3 Å². The van der Waals surface area contributed by atoms with E-state index >= 15 is 0 Å². The smallest absolute Gasteiger partial charge is 0.220 e. The Bertz CT molecular complexity index is 215. The molecule has 0 aromatic carbocycles. The van der Waals surface area contributed by atoms with Crippen molar-refractivity contribution in [3.63, 3.8) is 0 Å². The molecule has 17 heavy (non-hydrogen) atoms. The molecule has 4 heteroatoms. The van der Waals surface area contributed by atoms with E-state index in [-0.39, 0.29) is 11.9 Å². The average molecular weight is 242 g/mol. The van der Waals surface area contributed by atoms with Crippen molar-refractivity contribution in [3.8, 4) is 0 Å². The molecule has 1 amide bonds. The van der Waals surface area contributed by atoms with Gasteiger partial charge in [-0.2, -0.15) is 0 Å². The highest BCUT2D eigenvalue weighted by molar-refractivity contribution is 5.76. The number of carbonyl (C=O) groups is 1. The van der Waals surface area contributed by atoms with Crippen molar-refractivity contribution in [1.82, 2.24) is 5.32 Å². The van der Waals surface area contributed by atoms with E-state index in [9.17, 15) is 4.79 Å². The summed E-state index contributed by atoms with van der Waals surface area (Å²) in [6, 6.07) is -0.0427. The lowest BCUT2D eigenvalue weighted by Crippen LogP contribution is -2.43. The number of nitrogens with one attached hydrogen (secondary N) is 1. The zero-order chi connectivity index (χ0) is 12.5. The summed E-state index contributed by atoms with van der Waals surface area (Å²) in [4.78, 5) is 11.7. The van der Waals surface area contributed by atoms with Crippen LogP contribution in [-0.4, -0.2) is 32.2 Å². The highest BCUT2D eigenvalue weighted by atomic mass is 16.5. The molecule has 1 aliphatic rings. The first-order valence-corrected chi connectivity index (χ1v) is 6.74. The maximum absolute atomic E-state index is 11.7. The lowest BCUT2D eigenvalue weighted by atomic mass is 9.86. The summed E-state index contributed by atoms with van der Waals surface area (Å²) in [5, 5.41) is 2.92. The summed E-state index contributed by atoms with van der Waals surface area (Å²) in [6.07, 6.45) is 8.28. The fraction of sp³-hybridized carbons (Fsp3) is 0.923. The lowest BCUT2D eigenvalue weighted by molar-refractivity contribution is -0.122. The van der Waals surface area contributed by atoms with Gasteiger partial charge in [-0.15, -0.1) is 0 Å². The van der Waals surface area contributed by atoms with Gasteiger partial charge in [0.15, 0.2) is 0 Å². The van der Waals surface area contributed by atoms with Crippen molar-refractivity contribution in [2.45, 2.75) is 51.0 Å². The number of methoxy groups -OCH3 is 1. The molecular formula is C13H26N2O2. The van der Waals surface area contributed by atoms with E-state index in [0.29, 0.717) is 19.6 Å². The van der Waals surface area contributed by atoms with Gasteiger partial charge in [-0.3, -0.25) is 4.79 Å². The maximum atomic E-state index is 11.7. The van der Waals surface area contributed by atoms with Gasteiger partial charge < -0.3 is 15.8 Å². The summed E-state index contributed by atoms with van der Waals surface area (Å²) < 4.78 is 5.00. The summed E-state index contributed by atoms with van der Waals surface area (Å²) >= 11 is 0. The fourth-order valence-electron chi connectivity index (χ4n) is 2.48. The van der Waals surface area contributed by atoms with Crippen LogP contribution < -0.4 is 11.1 Å². The van der Waals surface area contributed by atoms with Gasteiger partial charge in [0.05, 0.1) is 12.6 Å². The predicted molar refractivity (Wildman–Crippen MR) is 68.7 cm³/mol. The van der Waals surface area contributed by atoms with E-state index in [2.05, 4.69) is 5.32 Å². The van der Waals surface area contributed by atoms with Crippen LogP contribution in [-0.2, 0) is 9.53 Å². The molecule has 0 aromatic heterocycles. The number of hydrogen-bond acceptors (Lipinski definition) is 3. The molecule has 1 fully saturated rings. The molecule has 1 unspecified atom stereocenters. The molecule has 0 bridgehead atoms. The van der Waals surface area contributed by atoms with E-state index in [1.807, 2.05) is 0 Å². The molecule has 0 spiro atoms. The van der Waals surface area contributed by atoms with Gasteiger partial charge in [0, 0.05) is 20.1 Å². The van der Waals surface area contributed by atoms with Crippen LogP contribution in [0, 0.1) is 5.92 Å². The third-order valence-electron chi connectivity index (χ3n) is 3.52. The molecule has 100 valence electrons. The number of nitrogens with two attached hydrogens (primary N) is 1. The molecule has 3 N–H and O–H groups in total. The summed E-state index contributed by atoms with van der Waals surface area (Å²) in [6.45, 7) is 0.925. The first-order valence-electron chi connectivity index (χ1n) is 6.74. The number of hydrogen-bond donors (Lipinski definition) is 2. The van der Waals surface area contributed by atoms with E-state index < -0.39 is 0 Å². The van der Waals surface area contributed by atoms with Gasteiger partial charge in [-0.25, -0.2) is 0 Å². The first-order chi connectivity index (χ1) is 8.26. The Balaban J connectivity index is 2.14. The van der Waals surface area contributed by atoms with Crippen LogP contribution in [0.1, 0.15) is 44.9 Å². The quantitative estimate of drug-likeness (QED) is 0.710. The molecule has 4 nitrogen and oxygen atoms in total. The summed E-state index contributed by atoms with van der Waals surface area (Å²) in [5.41, 5.74) is 5.55. The molecule has 0 aliphatic heterocycles. The Hall–Kier alpha value is -0.610. The molecule has 0 saturated heterocycles. The minimum Gasteiger partial charge on any atom is -0.383 e. The maximum Gasteiger partial charge on any atom is 0.220 e. The second-order valence-corrected chi connectivity index (χ2v) is 5.00. The summed E-state index contributed by atoms with van der Waals surface area (Å²) in [5.74, 6) is 0.872. The molecule has 0 aromatic rings. The normalized spacial score (nSPS) is 18.9. The van der Waals surface area contributed by atoms with Gasteiger partial charge in [-0.05, 0) is 12.3 Å². The van der Waals surface area contributed by atoms with Gasteiger partial charge in [-0.1, -0.05) is 32.1 Å². The predicted octanol–water partition coefficient (Wildman–Crippen LogP) is 1.44. The average Bonchev–Trinajstić information content (AvgIpc) is 2.37. The largest absolute Gasteiger partial charge is 0.383 e. The Kier molecular flexibility index (Phi) is 7.21. The van der Waals surface area contributed by atoms with Gasteiger partial charge in [0.25, 0.3) is 0 Å². The highest BCUT2D eigenvalue weighted by Gasteiger charge is 2.16. The van der Waals surface area contributed by atoms with Gasteiger partial charge in [0.2, 0.25) is 5.91 Å². The molecular weight excluding hydrogens is 216 g/mol. The van der Waals surface area contributed by atoms with Crippen molar-refractivity contribution < 1.29 is 9.53 Å². The van der Waals surface area contributed by atoms with Crippen LogP contribution in [0.15, 0.2) is 0 Å². The van der Waals surface area contributed by atoms with Crippen LogP contribution in [0.25, 0.3) is 0 Å². The van der Waals surface area contributed by atoms with E-state index in [1.54, 1.807) is 7.11 Å². The molecule has 0 radical (unpaired) electrons. The highest BCUT2D eigenvalue weighted by Crippen LogP contribution is 2.27. The molecule has 1 saturated carbocycles. The fourth-order valence-corrected chi connectivity index (χ4v) is 2.48. The third kappa shape index (κ3) is 6.03. The standard InChI is InChI=1S/C13H26N2O2/c1-17-10-12(9-14)15-13(16)8-7-11-5-3-2-4-6-11/h11-12H,2-10,14H2,1H3,(H,15,16). The lowest BCUT2D eigenvalue weighted by Gasteiger charge is -2.22. The van der Waals surface area contributed by atoms with Crippen molar-refractivity contribution >= 4 is 5.91 Å². The zero-order valence-corrected chi connectivity index (χ0v) is 10.9. The second kappa shape index (κ2) is 8.48. The van der Waals surface area contributed by atoms with E-state index in [0.717, 1.165) is 12.3 Å². The third-order valence-corrected chi connectivity index (χ3v) is 3.52. The Labute approximate surface area is 104 Å². The first kappa shape index (κ1) is 14.5. The summed E-state index contributed by atoms with van der Waals surface area (Å²) in [7, 11) is 1.62. The molecule has 0 heterocycles. The van der Waals surface area contributed by atoms with Crippen LogP contribution in [0.5, 0.6) is 0 Å². The van der Waals surface area contributed by atoms with Crippen LogP contribution in [0.4, 0.5) is 0 Å². The number of ether oxygens (including phenoxy) is 1. The van der Waals surface area contributed by atoms with Crippen LogP contribution >= 0.6 is 0 Å². The van der Waals surface area contributed by atoms with Crippen molar-refractivity contribution in [1.29, 1.82) is 0 Å². The van der Waals surface area contributed by atoms with Gasteiger partial charge in [0.1, 0.15) is 0 Å². The number of amides is 1. The van der Waals surface area contributed by atoms with Crippen molar-refractivity contribution in [3.05, 3.63) is 0 Å². The molecule has 1 aliphatic carbocycles. The van der Waals surface area contributed by atoms with E-state index in [1.165, 1.54) is 32.1 Å². The van der Waals surface area contributed by atoms with Crippen molar-refractivity contribution in [2.75, 3.05) is 20.3 Å². The minimum atomic E-state index is -0.0427. The number of carbonyl (C=O) groups excluding carboxylic acids is 1. The minimum absolute atomic E-state index is 0.0427. The Morgan fingerprint density at radius 2 is 2.12 bits per heavy atom. The van der Waals surface area contributed by atoms with Crippen LogP contribution in [0.2, 0.25) is 0 Å². The zero-order valence-electron chi connectivity index (χ0n) is 10.9.